The number of nitrogens with zero attached hydrogens (tertiary/aromatic N) is 3. The maximum atomic E-state index is 13.9. The van der Waals surface area contributed by atoms with Crippen LogP contribution in [0, 0.1) is 11.6 Å². The maximum absolute atomic E-state index is 13.9. The second kappa shape index (κ2) is 11.3. The fourth-order valence-electron chi connectivity index (χ4n) is 2.90. The minimum absolute atomic E-state index is 0. The van der Waals surface area contributed by atoms with Crippen LogP contribution in [0.5, 0.6) is 0 Å². The molecule has 0 radical (unpaired) electrons. The summed E-state index contributed by atoms with van der Waals surface area (Å²) in [5.74, 6) is -0.574. The maximum Gasteiger partial charge on any atom is 0.409 e. The van der Waals surface area contributed by atoms with Gasteiger partial charge in [-0.15, -0.1) is 24.0 Å². The number of ether oxygens (including phenoxy) is 1. The highest BCUT2D eigenvalue weighted by atomic mass is 127. The number of amides is 1. The molecule has 152 valence electrons. The number of hydrogen-bond donors (Lipinski definition) is 1. The Kier molecular flexibility index (Phi) is 9.75. The molecule has 6 nitrogen and oxygen atoms in total. The fraction of sp³-hybridized carbons (Fsp3) is 0.556. The molecule has 27 heavy (non-hydrogen) atoms. The number of carbonyl (C=O) groups is 1. The molecule has 2 rings (SSSR count). The zero-order valence-corrected chi connectivity index (χ0v) is 18.2. The molecule has 0 bridgehead atoms. The average molecular weight is 496 g/mol. The number of nitrogens with one attached hydrogen (secondary N) is 1. The quantitative estimate of drug-likeness (QED) is 0.396. The molecule has 0 aromatic heterocycles. The minimum atomic E-state index is -0.582. The monoisotopic (exact) mass is 496 g/mol. The van der Waals surface area contributed by atoms with E-state index in [4.69, 9.17) is 4.74 Å². The first-order valence-electron chi connectivity index (χ1n) is 8.78. The summed E-state index contributed by atoms with van der Waals surface area (Å²) in [5, 5.41) is 3.23. The summed E-state index contributed by atoms with van der Waals surface area (Å²) in [6, 6.07) is 3.63. The van der Waals surface area contributed by atoms with Gasteiger partial charge in [-0.1, -0.05) is 13.0 Å². The van der Waals surface area contributed by atoms with Crippen molar-refractivity contribution in [1.82, 2.24) is 15.1 Å². The molecule has 1 fully saturated rings. The van der Waals surface area contributed by atoms with Crippen LogP contribution in [0.2, 0.25) is 0 Å². The smallest absolute Gasteiger partial charge is 0.409 e. The van der Waals surface area contributed by atoms with Gasteiger partial charge in [0.05, 0.1) is 6.61 Å². The number of halogens is 3. The van der Waals surface area contributed by atoms with Gasteiger partial charge in [0.2, 0.25) is 0 Å². The van der Waals surface area contributed by atoms with E-state index < -0.39 is 11.6 Å². The zero-order valence-electron chi connectivity index (χ0n) is 15.9. The Labute approximate surface area is 176 Å². The number of aliphatic imine (C=N–C) groups is 1. The first-order valence-corrected chi connectivity index (χ1v) is 8.78. The normalized spacial score (nSPS) is 15.8. The van der Waals surface area contributed by atoms with E-state index in [0.29, 0.717) is 50.9 Å². The van der Waals surface area contributed by atoms with Crippen LogP contribution in [0.1, 0.15) is 25.3 Å². The average Bonchev–Trinajstić information content (AvgIpc) is 2.62. The molecule has 1 aromatic carbocycles. The van der Waals surface area contributed by atoms with Crippen LogP contribution in [0.25, 0.3) is 0 Å². The van der Waals surface area contributed by atoms with E-state index in [1.54, 1.807) is 18.9 Å². The number of guanidine groups is 1. The first kappa shape index (κ1) is 23.4. The topological polar surface area (TPSA) is 57.2 Å². The van der Waals surface area contributed by atoms with Crippen LogP contribution in [-0.2, 0) is 4.74 Å². The van der Waals surface area contributed by atoms with Crippen molar-refractivity contribution in [1.29, 1.82) is 0 Å². The van der Waals surface area contributed by atoms with Crippen LogP contribution in [-0.4, -0.2) is 68.2 Å². The first-order chi connectivity index (χ1) is 12.5. The summed E-state index contributed by atoms with van der Waals surface area (Å²) >= 11 is 0. The summed E-state index contributed by atoms with van der Waals surface area (Å²) in [4.78, 5) is 19.7. The van der Waals surface area contributed by atoms with Crippen molar-refractivity contribution in [3.63, 3.8) is 0 Å². The van der Waals surface area contributed by atoms with E-state index in [0.717, 1.165) is 6.07 Å². The molecule has 9 heteroatoms. The molecule has 1 saturated heterocycles. The summed E-state index contributed by atoms with van der Waals surface area (Å²) in [6.45, 7) is 6.87. The predicted octanol–water partition coefficient (Wildman–Crippen LogP) is 3.04. The van der Waals surface area contributed by atoms with Crippen LogP contribution < -0.4 is 5.32 Å². The molecular formula is C18H27F2IN4O2. The standard InChI is InChI=1S/C18H26F2N4O2.HI/c1-4-26-18(25)24-9-7-23(8-10-24)17(21-3)22-12-13(2)15-6-5-14(19)11-16(15)20;/h5-6,11,13H,4,7-10,12H2,1-3H3,(H,21,22);1H. The van der Waals surface area contributed by atoms with Gasteiger partial charge in [0, 0.05) is 51.8 Å². The van der Waals surface area contributed by atoms with Crippen molar-refractivity contribution in [3.05, 3.63) is 35.4 Å². The molecule has 1 N–H and O–H groups in total. The molecule has 0 spiro atoms. The third-order valence-electron chi connectivity index (χ3n) is 4.38. The van der Waals surface area contributed by atoms with Crippen molar-refractivity contribution >= 4 is 36.0 Å². The lowest BCUT2D eigenvalue weighted by Gasteiger charge is -2.36. The Balaban J connectivity index is 0.00000364. The zero-order chi connectivity index (χ0) is 19.1. The SMILES string of the molecule is CCOC(=O)N1CCN(C(=NC)NCC(C)c2ccc(F)cc2F)CC1.I. The van der Waals surface area contributed by atoms with Gasteiger partial charge < -0.3 is 19.9 Å². The van der Waals surface area contributed by atoms with Crippen LogP contribution in [0.3, 0.4) is 0 Å². The second-order valence-corrected chi connectivity index (χ2v) is 6.17. The third kappa shape index (κ3) is 6.47. The number of carbonyl (C=O) groups excluding carboxylic acids is 1. The van der Waals surface area contributed by atoms with Crippen molar-refractivity contribution in [3.8, 4) is 0 Å². The third-order valence-corrected chi connectivity index (χ3v) is 4.38. The second-order valence-electron chi connectivity index (χ2n) is 6.17. The fourth-order valence-corrected chi connectivity index (χ4v) is 2.90. The van der Waals surface area contributed by atoms with Crippen molar-refractivity contribution in [2.45, 2.75) is 19.8 Å². The van der Waals surface area contributed by atoms with Gasteiger partial charge in [0.1, 0.15) is 11.6 Å². The largest absolute Gasteiger partial charge is 0.450 e. The Morgan fingerprint density at radius 2 is 1.89 bits per heavy atom. The highest BCUT2D eigenvalue weighted by molar-refractivity contribution is 14.0. The molecule has 1 amide bonds. The van der Waals surface area contributed by atoms with E-state index in [1.807, 2.05) is 11.8 Å². The van der Waals surface area contributed by atoms with Crippen LogP contribution in [0.4, 0.5) is 13.6 Å². The van der Waals surface area contributed by atoms with Gasteiger partial charge in [0.25, 0.3) is 0 Å². The number of hydrogen-bond acceptors (Lipinski definition) is 3. The Hall–Kier alpha value is -1.65. The van der Waals surface area contributed by atoms with E-state index in [2.05, 4.69) is 10.3 Å². The lowest BCUT2D eigenvalue weighted by molar-refractivity contribution is 0.0914. The molecule has 1 atom stereocenters. The minimum Gasteiger partial charge on any atom is -0.450 e. The predicted molar refractivity (Wildman–Crippen MR) is 112 cm³/mol. The molecule has 1 aromatic rings. The number of benzene rings is 1. The summed E-state index contributed by atoms with van der Waals surface area (Å²) in [5.41, 5.74) is 0.460. The van der Waals surface area contributed by atoms with Gasteiger partial charge in [-0.25, -0.2) is 13.6 Å². The molecule has 0 aliphatic carbocycles. The van der Waals surface area contributed by atoms with E-state index in [1.165, 1.54) is 12.1 Å². The Bertz CT molecular complexity index is 652. The van der Waals surface area contributed by atoms with Gasteiger partial charge >= 0.3 is 6.09 Å². The van der Waals surface area contributed by atoms with E-state index in [-0.39, 0.29) is 36.0 Å². The van der Waals surface area contributed by atoms with Gasteiger partial charge in [-0.3, -0.25) is 4.99 Å². The lowest BCUT2D eigenvalue weighted by atomic mass is 10.0. The van der Waals surface area contributed by atoms with Gasteiger partial charge in [-0.05, 0) is 18.6 Å². The molecule has 1 unspecified atom stereocenters. The van der Waals surface area contributed by atoms with Crippen molar-refractivity contribution in [2.75, 3.05) is 46.4 Å². The van der Waals surface area contributed by atoms with Gasteiger partial charge in [-0.2, -0.15) is 0 Å². The molecule has 1 heterocycles. The lowest BCUT2D eigenvalue weighted by Crippen LogP contribution is -2.54. The molecule has 1 aliphatic rings. The molecule has 1 aliphatic heterocycles. The van der Waals surface area contributed by atoms with Gasteiger partial charge in [0.15, 0.2) is 5.96 Å². The van der Waals surface area contributed by atoms with Crippen molar-refractivity contribution < 1.29 is 18.3 Å². The number of rotatable bonds is 4. The van der Waals surface area contributed by atoms with E-state index >= 15 is 0 Å². The highest BCUT2D eigenvalue weighted by Gasteiger charge is 2.24. The highest BCUT2D eigenvalue weighted by Crippen LogP contribution is 2.19. The molecule has 0 saturated carbocycles. The summed E-state index contributed by atoms with van der Waals surface area (Å²) in [7, 11) is 1.68. The Morgan fingerprint density at radius 3 is 2.44 bits per heavy atom. The van der Waals surface area contributed by atoms with E-state index in [9.17, 15) is 13.6 Å². The van der Waals surface area contributed by atoms with Crippen molar-refractivity contribution in [2.24, 2.45) is 4.99 Å². The molecular weight excluding hydrogens is 469 g/mol. The summed E-state index contributed by atoms with van der Waals surface area (Å²) in [6.07, 6.45) is -0.296. The Morgan fingerprint density at radius 1 is 1.26 bits per heavy atom. The number of piperazine rings is 1. The van der Waals surface area contributed by atoms with Crippen LogP contribution in [0.15, 0.2) is 23.2 Å². The summed E-state index contributed by atoms with van der Waals surface area (Å²) < 4.78 is 31.9. The van der Waals surface area contributed by atoms with Crippen LogP contribution >= 0.6 is 24.0 Å².